The molecule has 0 radical (unpaired) electrons. The Morgan fingerprint density at radius 1 is 1.36 bits per heavy atom. The molecule has 1 heteroatoms. The molecule has 0 aromatic heterocycles. The van der Waals surface area contributed by atoms with Crippen molar-refractivity contribution in [2.45, 2.75) is 33.1 Å². The van der Waals surface area contributed by atoms with Crippen molar-refractivity contribution in [3.63, 3.8) is 0 Å². The van der Waals surface area contributed by atoms with E-state index >= 15 is 0 Å². The van der Waals surface area contributed by atoms with Gasteiger partial charge in [-0.1, -0.05) is 37.1 Å². The van der Waals surface area contributed by atoms with Gasteiger partial charge in [0.1, 0.15) is 0 Å². The van der Waals surface area contributed by atoms with Gasteiger partial charge in [0.05, 0.1) is 0 Å². The average Bonchev–Trinajstić information content (AvgIpc) is 2.18. The van der Waals surface area contributed by atoms with Crippen LogP contribution in [0.3, 0.4) is 0 Å². The minimum absolute atomic E-state index is 0.978. The molecule has 2 rings (SSSR count). The van der Waals surface area contributed by atoms with E-state index in [1.165, 1.54) is 28.8 Å². The maximum atomic E-state index is 4.61. The van der Waals surface area contributed by atoms with Crippen molar-refractivity contribution in [2.75, 3.05) is 6.54 Å². The highest BCUT2D eigenvalue weighted by Crippen LogP contribution is 2.19. The molecule has 0 amide bonds. The number of aryl methyl sites for hydroxylation is 1. The lowest BCUT2D eigenvalue weighted by atomic mass is 9.94. The largest absolute Gasteiger partial charge is 0.289 e. The molecule has 1 aliphatic rings. The Labute approximate surface area is 85.9 Å². The summed E-state index contributed by atoms with van der Waals surface area (Å²) in [6, 6.07) is 6.73. The highest BCUT2D eigenvalue weighted by molar-refractivity contribution is 6.02. The Hall–Kier alpha value is -1.11. The van der Waals surface area contributed by atoms with Crippen molar-refractivity contribution < 1.29 is 0 Å². The molecule has 1 heterocycles. The highest BCUT2D eigenvalue weighted by atomic mass is 14.7. The summed E-state index contributed by atoms with van der Waals surface area (Å²) >= 11 is 0. The zero-order valence-electron chi connectivity index (χ0n) is 9.01. The third-order valence-corrected chi connectivity index (χ3v) is 2.74. The lowest BCUT2D eigenvalue weighted by Crippen LogP contribution is -2.12. The zero-order valence-corrected chi connectivity index (χ0v) is 9.01. The van der Waals surface area contributed by atoms with Gasteiger partial charge in [0.15, 0.2) is 0 Å². The molecule has 0 N–H and O–H groups in total. The van der Waals surface area contributed by atoms with E-state index in [2.05, 4.69) is 37.0 Å². The molecular formula is C13H17N. The van der Waals surface area contributed by atoms with Crippen LogP contribution in [0, 0.1) is 6.92 Å². The van der Waals surface area contributed by atoms with Crippen LogP contribution in [0.1, 0.15) is 36.5 Å². The second kappa shape index (κ2) is 3.95. The molecule has 0 bridgehead atoms. The van der Waals surface area contributed by atoms with Gasteiger partial charge in [-0.2, -0.15) is 0 Å². The topological polar surface area (TPSA) is 12.4 Å². The second-order valence-electron chi connectivity index (χ2n) is 3.99. The normalized spacial score (nSPS) is 14.9. The number of aliphatic imine (C=N–C) groups is 1. The van der Waals surface area contributed by atoms with E-state index in [0.29, 0.717) is 0 Å². The molecule has 1 nitrogen and oxygen atoms in total. The first kappa shape index (κ1) is 9.45. The highest BCUT2D eigenvalue weighted by Gasteiger charge is 2.12. The Kier molecular flexibility index (Phi) is 2.67. The van der Waals surface area contributed by atoms with Gasteiger partial charge in [0.2, 0.25) is 0 Å². The van der Waals surface area contributed by atoms with Gasteiger partial charge in [0, 0.05) is 12.3 Å². The summed E-state index contributed by atoms with van der Waals surface area (Å²) in [5.41, 5.74) is 5.56. The van der Waals surface area contributed by atoms with Gasteiger partial charge >= 0.3 is 0 Å². The fourth-order valence-corrected chi connectivity index (χ4v) is 2.06. The van der Waals surface area contributed by atoms with Crippen molar-refractivity contribution in [3.8, 4) is 0 Å². The summed E-state index contributed by atoms with van der Waals surface area (Å²) in [7, 11) is 0. The monoisotopic (exact) mass is 187 g/mol. The van der Waals surface area contributed by atoms with Crippen molar-refractivity contribution in [2.24, 2.45) is 4.99 Å². The van der Waals surface area contributed by atoms with E-state index < -0.39 is 0 Å². The Bertz CT molecular complexity index is 363. The fourth-order valence-electron chi connectivity index (χ4n) is 2.06. The van der Waals surface area contributed by atoms with Crippen LogP contribution in [0.25, 0.3) is 0 Å². The van der Waals surface area contributed by atoms with Crippen molar-refractivity contribution in [1.29, 1.82) is 0 Å². The van der Waals surface area contributed by atoms with Crippen molar-refractivity contribution in [1.82, 2.24) is 0 Å². The molecule has 0 saturated carbocycles. The SMILES string of the molecule is CCCC1=NCCc2cc(C)ccc21. The number of benzene rings is 1. The summed E-state index contributed by atoms with van der Waals surface area (Å²) in [6.45, 7) is 5.35. The van der Waals surface area contributed by atoms with Gasteiger partial charge in [-0.25, -0.2) is 0 Å². The van der Waals surface area contributed by atoms with Gasteiger partial charge in [-0.3, -0.25) is 4.99 Å². The van der Waals surface area contributed by atoms with E-state index in [1.807, 2.05) is 0 Å². The minimum Gasteiger partial charge on any atom is -0.289 e. The fraction of sp³-hybridized carbons (Fsp3) is 0.462. The van der Waals surface area contributed by atoms with Crippen molar-refractivity contribution >= 4 is 5.71 Å². The smallest absolute Gasteiger partial charge is 0.0433 e. The molecule has 0 unspecified atom stereocenters. The maximum Gasteiger partial charge on any atom is 0.0433 e. The first-order chi connectivity index (χ1) is 6.81. The van der Waals surface area contributed by atoms with Crippen LogP contribution in [-0.2, 0) is 6.42 Å². The molecule has 0 fully saturated rings. The van der Waals surface area contributed by atoms with Crippen LogP contribution in [0.5, 0.6) is 0 Å². The second-order valence-corrected chi connectivity index (χ2v) is 3.99. The molecular weight excluding hydrogens is 170 g/mol. The molecule has 0 aliphatic carbocycles. The van der Waals surface area contributed by atoms with Crippen LogP contribution < -0.4 is 0 Å². The lowest BCUT2D eigenvalue weighted by molar-refractivity contribution is 0.904. The third-order valence-electron chi connectivity index (χ3n) is 2.74. The van der Waals surface area contributed by atoms with Crippen LogP contribution in [-0.4, -0.2) is 12.3 Å². The quantitative estimate of drug-likeness (QED) is 0.674. The standard InChI is InChI=1S/C13H17N/c1-3-4-13-12-6-5-10(2)9-11(12)7-8-14-13/h5-6,9H,3-4,7-8H2,1-2H3. The summed E-state index contributed by atoms with van der Waals surface area (Å²) in [6.07, 6.45) is 3.42. The van der Waals surface area contributed by atoms with E-state index in [0.717, 1.165) is 19.4 Å². The molecule has 1 aromatic rings. The Morgan fingerprint density at radius 2 is 2.21 bits per heavy atom. The zero-order chi connectivity index (χ0) is 9.97. The van der Waals surface area contributed by atoms with E-state index in [9.17, 15) is 0 Å². The Morgan fingerprint density at radius 3 is 3.00 bits per heavy atom. The Balaban J connectivity index is 2.38. The maximum absolute atomic E-state index is 4.61. The predicted molar refractivity (Wildman–Crippen MR) is 61.2 cm³/mol. The predicted octanol–water partition coefficient (Wildman–Crippen LogP) is 3.14. The first-order valence-corrected chi connectivity index (χ1v) is 5.44. The molecule has 0 atom stereocenters. The van der Waals surface area contributed by atoms with Crippen LogP contribution in [0.4, 0.5) is 0 Å². The average molecular weight is 187 g/mol. The van der Waals surface area contributed by atoms with Crippen molar-refractivity contribution in [3.05, 3.63) is 34.9 Å². The summed E-state index contributed by atoms with van der Waals surface area (Å²) < 4.78 is 0. The van der Waals surface area contributed by atoms with E-state index in [1.54, 1.807) is 0 Å². The van der Waals surface area contributed by atoms with Gasteiger partial charge in [0.25, 0.3) is 0 Å². The number of fused-ring (bicyclic) bond motifs is 1. The van der Waals surface area contributed by atoms with Crippen LogP contribution >= 0.6 is 0 Å². The number of hydrogen-bond acceptors (Lipinski definition) is 1. The molecule has 0 saturated heterocycles. The van der Waals surface area contributed by atoms with Crippen LogP contribution in [0.2, 0.25) is 0 Å². The summed E-state index contributed by atoms with van der Waals surface area (Å²) in [5.74, 6) is 0. The minimum atomic E-state index is 0.978. The number of nitrogens with zero attached hydrogens (tertiary/aromatic N) is 1. The summed E-state index contributed by atoms with van der Waals surface area (Å²) in [5, 5.41) is 0. The van der Waals surface area contributed by atoms with E-state index in [4.69, 9.17) is 0 Å². The van der Waals surface area contributed by atoms with Gasteiger partial charge < -0.3 is 0 Å². The first-order valence-electron chi connectivity index (χ1n) is 5.44. The molecule has 1 aliphatic heterocycles. The molecule has 0 spiro atoms. The van der Waals surface area contributed by atoms with Gasteiger partial charge in [-0.15, -0.1) is 0 Å². The summed E-state index contributed by atoms with van der Waals surface area (Å²) in [4.78, 5) is 4.61. The lowest BCUT2D eigenvalue weighted by Gasteiger charge is -2.16. The molecule has 74 valence electrons. The van der Waals surface area contributed by atoms with Crippen LogP contribution in [0.15, 0.2) is 23.2 Å². The number of hydrogen-bond donors (Lipinski definition) is 0. The molecule has 14 heavy (non-hydrogen) atoms. The third kappa shape index (κ3) is 1.72. The molecule has 1 aromatic carbocycles. The number of rotatable bonds is 2. The van der Waals surface area contributed by atoms with E-state index in [-0.39, 0.29) is 0 Å². The van der Waals surface area contributed by atoms with Gasteiger partial charge in [-0.05, 0) is 30.9 Å².